The van der Waals surface area contributed by atoms with Crippen LogP contribution in [0, 0.1) is 0 Å². The number of benzene rings is 3. The average Bonchev–Trinajstić information content (AvgIpc) is 3.14. The SMILES string of the molecule is c1ccc(-c2ccc(C3=NN4COc5ccccc5[C@@H]4C3)cc2)cc1. The molecule has 5 rings (SSSR count). The van der Waals surface area contributed by atoms with Gasteiger partial charge in [0, 0.05) is 12.0 Å². The van der Waals surface area contributed by atoms with Crippen LogP contribution in [0.2, 0.25) is 0 Å². The molecular weight excluding hydrogens is 308 g/mol. The Kier molecular flexibility index (Phi) is 3.30. The Morgan fingerprint density at radius 2 is 1.44 bits per heavy atom. The van der Waals surface area contributed by atoms with Gasteiger partial charge in [0.25, 0.3) is 0 Å². The summed E-state index contributed by atoms with van der Waals surface area (Å²) < 4.78 is 5.82. The van der Waals surface area contributed by atoms with Gasteiger partial charge in [-0.1, -0.05) is 72.8 Å². The number of ether oxygens (including phenoxy) is 1. The fourth-order valence-electron chi connectivity index (χ4n) is 3.63. The van der Waals surface area contributed by atoms with E-state index in [9.17, 15) is 0 Å². The smallest absolute Gasteiger partial charge is 0.177 e. The van der Waals surface area contributed by atoms with Gasteiger partial charge < -0.3 is 4.74 Å². The van der Waals surface area contributed by atoms with Gasteiger partial charge in [-0.3, -0.25) is 5.01 Å². The van der Waals surface area contributed by atoms with Gasteiger partial charge in [0.05, 0.1) is 11.8 Å². The van der Waals surface area contributed by atoms with Crippen molar-refractivity contribution in [3.8, 4) is 16.9 Å². The van der Waals surface area contributed by atoms with E-state index >= 15 is 0 Å². The highest BCUT2D eigenvalue weighted by atomic mass is 16.5. The molecule has 3 aromatic carbocycles. The lowest BCUT2D eigenvalue weighted by atomic mass is 9.96. The summed E-state index contributed by atoms with van der Waals surface area (Å²) in [7, 11) is 0. The first-order valence-electron chi connectivity index (χ1n) is 8.60. The van der Waals surface area contributed by atoms with Crippen molar-refractivity contribution in [3.05, 3.63) is 90.0 Å². The van der Waals surface area contributed by atoms with Gasteiger partial charge in [-0.25, -0.2) is 0 Å². The number of hydrazone groups is 1. The number of nitrogens with zero attached hydrogens (tertiary/aromatic N) is 2. The van der Waals surface area contributed by atoms with Crippen LogP contribution in [0.1, 0.15) is 23.6 Å². The Balaban J connectivity index is 1.42. The molecule has 1 atom stereocenters. The minimum absolute atomic E-state index is 0.286. The second kappa shape index (κ2) is 5.78. The van der Waals surface area contributed by atoms with E-state index in [1.807, 2.05) is 18.2 Å². The molecule has 0 unspecified atom stereocenters. The van der Waals surface area contributed by atoms with Gasteiger partial charge in [-0.15, -0.1) is 0 Å². The summed E-state index contributed by atoms with van der Waals surface area (Å²) in [6.45, 7) is 0.521. The lowest BCUT2D eigenvalue weighted by Crippen LogP contribution is -2.29. The first-order chi connectivity index (χ1) is 12.4. The summed E-state index contributed by atoms with van der Waals surface area (Å²) in [5.41, 5.74) is 6.02. The van der Waals surface area contributed by atoms with Crippen molar-refractivity contribution in [1.82, 2.24) is 5.01 Å². The fourth-order valence-corrected chi connectivity index (χ4v) is 3.63. The monoisotopic (exact) mass is 326 g/mol. The summed E-state index contributed by atoms with van der Waals surface area (Å²) in [5, 5.41) is 6.86. The molecule has 0 N–H and O–H groups in total. The second-order valence-electron chi connectivity index (χ2n) is 6.46. The highest BCUT2D eigenvalue weighted by Crippen LogP contribution is 2.40. The van der Waals surface area contributed by atoms with Crippen molar-refractivity contribution in [1.29, 1.82) is 0 Å². The molecule has 0 saturated carbocycles. The number of para-hydroxylation sites is 1. The quantitative estimate of drug-likeness (QED) is 0.672. The van der Waals surface area contributed by atoms with Crippen molar-refractivity contribution in [2.75, 3.05) is 6.73 Å². The maximum absolute atomic E-state index is 5.82. The number of fused-ring (bicyclic) bond motifs is 3. The summed E-state index contributed by atoms with van der Waals surface area (Å²) in [6.07, 6.45) is 0.922. The molecular formula is C22H18N2O. The van der Waals surface area contributed by atoms with Gasteiger partial charge in [0.2, 0.25) is 0 Å². The van der Waals surface area contributed by atoms with E-state index in [2.05, 4.69) is 65.7 Å². The van der Waals surface area contributed by atoms with E-state index in [1.165, 1.54) is 22.3 Å². The zero-order valence-electron chi connectivity index (χ0n) is 13.8. The molecule has 3 aromatic rings. The Labute approximate surface area is 147 Å². The molecule has 2 aliphatic heterocycles. The highest BCUT2D eigenvalue weighted by Gasteiger charge is 2.34. The fraction of sp³-hybridized carbons (Fsp3) is 0.136. The van der Waals surface area contributed by atoms with Crippen molar-refractivity contribution in [3.63, 3.8) is 0 Å². The lowest BCUT2D eigenvalue weighted by molar-refractivity contribution is 0.0750. The van der Waals surface area contributed by atoms with E-state index in [1.54, 1.807) is 0 Å². The van der Waals surface area contributed by atoms with Crippen LogP contribution < -0.4 is 4.74 Å². The minimum atomic E-state index is 0.286. The summed E-state index contributed by atoms with van der Waals surface area (Å²) in [6, 6.07) is 27.7. The Morgan fingerprint density at radius 3 is 2.28 bits per heavy atom. The van der Waals surface area contributed by atoms with Crippen LogP contribution >= 0.6 is 0 Å². The van der Waals surface area contributed by atoms with E-state index < -0.39 is 0 Å². The second-order valence-corrected chi connectivity index (χ2v) is 6.46. The van der Waals surface area contributed by atoms with E-state index in [-0.39, 0.29) is 6.04 Å². The van der Waals surface area contributed by atoms with Crippen LogP contribution in [0.5, 0.6) is 5.75 Å². The molecule has 0 saturated heterocycles. The average molecular weight is 326 g/mol. The molecule has 2 heterocycles. The molecule has 2 aliphatic rings. The molecule has 3 nitrogen and oxygen atoms in total. The van der Waals surface area contributed by atoms with E-state index in [4.69, 9.17) is 9.84 Å². The molecule has 0 bridgehead atoms. The van der Waals surface area contributed by atoms with Gasteiger partial charge in [-0.2, -0.15) is 5.10 Å². The van der Waals surface area contributed by atoms with Crippen molar-refractivity contribution in [2.24, 2.45) is 5.10 Å². The summed E-state index contributed by atoms with van der Waals surface area (Å²) >= 11 is 0. The number of hydrogen-bond donors (Lipinski definition) is 0. The standard InChI is InChI=1S/C22H18N2O/c1-2-6-16(7-3-1)17-10-12-18(13-11-17)20-14-21-19-8-4-5-9-22(19)25-15-24(21)23-20/h1-13,21H,14-15H2/t21-/m0/s1. The number of rotatable bonds is 2. The first kappa shape index (κ1) is 14.3. The third kappa shape index (κ3) is 2.49. The molecule has 122 valence electrons. The van der Waals surface area contributed by atoms with Crippen LogP contribution in [-0.4, -0.2) is 17.5 Å². The predicted octanol–water partition coefficient (Wildman–Crippen LogP) is 4.85. The molecule has 0 amide bonds. The Morgan fingerprint density at radius 1 is 0.760 bits per heavy atom. The van der Waals surface area contributed by atoms with Crippen LogP contribution in [0.25, 0.3) is 11.1 Å². The Bertz CT molecular complexity index is 932. The number of hydrogen-bond acceptors (Lipinski definition) is 3. The Hall–Kier alpha value is -3.07. The zero-order chi connectivity index (χ0) is 16.6. The molecule has 25 heavy (non-hydrogen) atoms. The third-order valence-electron chi connectivity index (χ3n) is 4.95. The summed E-state index contributed by atoms with van der Waals surface area (Å²) in [4.78, 5) is 0. The van der Waals surface area contributed by atoms with Crippen molar-refractivity contribution >= 4 is 5.71 Å². The van der Waals surface area contributed by atoms with Crippen LogP contribution in [-0.2, 0) is 0 Å². The van der Waals surface area contributed by atoms with Crippen molar-refractivity contribution < 1.29 is 4.74 Å². The van der Waals surface area contributed by atoms with E-state index in [0.29, 0.717) is 6.73 Å². The normalized spacial score (nSPS) is 18.2. The largest absolute Gasteiger partial charge is 0.471 e. The maximum Gasteiger partial charge on any atom is 0.177 e. The van der Waals surface area contributed by atoms with Crippen molar-refractivity contribution in [2.45, 2.75) is 12.5 Å². The van der Waals surface area contributed by atoms with Gasteiger partial charge in [-0.05, 0) is 22.8 Å². The van der Waals surface area contributed by atoms with Gasteiger partial charge in [0.1, 0.15) is 5.75 Å². The maximum atomic E-state index is 5.82. The molecule has 3 heteroatoms. The van der Waals surface area contributed by atoms with E-state index in [0.717, 1.165) is 17.9 Å². The molecule has 0 fully saturated rings. The molecule has 0 aromatic heterocycles. The predicted molar refractivity (Wildman–Crippen MR) is 99.5 cm³/mol. The molecule has 0 radical (unpaired) electrons. The van der Waals surface area contributed by atoms with Gasteiger partial charge >= 0.3 is 0 Å². The van der Waals surface area contributed by atoms with Crippen LogP contribution in [0.4, 0.5) is 0 Å². The summed E-state index contributed by atoms with van der Waals surface area (Å²) in [5.74, 6) is 0.986. The van der Waals surface area contributed by atoms with Crippen LogP contribution in [0.3, 0.4) is 0 Å². The molecule has 0 aliphatic carbocycles. The third-order valence-corrected chi connectivity index (χ3v) is 4.95. The molecule has 0 spiro atoms. The highest BCUT2D eigenvalue weighted by molar-refractivity contribution is 6.02. The topological polar surface area (TPSA) is 24.8 Å². The zero-order valence-corrected chi connectivity index (χ0v) is 13.8. The lowest BCUT2D eigenvalue weighted by Gasteiger charge is -2.30. The minimum Gasteiger partial charge on any atom is -0.471 e. The van der Waals surface area contributed by atoms with Crippen LogP contribution in [0.15, 0.2) is 84.0 Å². The van der Waals surface area contributed by atoms with Gasteiger partial charge in [0.15, 0.2) is 6.73 Å². The first-order valence-corrected chi connectivity index (χ1v) is 8.60.